The van der Waals surface area contributed by atoms with Crippen molar-refractivity contribution in [3.05, 3.63) is 29.8 Å². The lowest BCUT2D eigenvalue weighted by Crippen LogP contribution is -2.34. The number of benzene rings is 1. The first-order chi connectivity index (χ1) is 7.96. The average Bonchev–Trinajstić information content (AvgIpc) is 2.27. The quantitative estimate of drug-likeness (QED) is 0.865. The number of hydrogen-bond acceptors (Lipinski definition) is 2. The fourth-order valence-corrected chi connectivity index (χ4v) is 1.67. The van der Waals surface area contributed by atoms with E-state index in [0.29, 0.717) is 25.2 Å². The van der Waals surface area contributed by atoms with Gasteiger partial charge in [-0.05, 0) is 24.1 Å². The van der Waals surface area contributed by atoms with Crippen LogP contribution in [0.25, 0.3) is 0 Å². The Kier molecular flexibility index (Phi) is 4.81. The normalized spacial score (nSPS) is 11.6. The Hall–Kier alpha value is -1.23. The molecule has 0 atom stereocenters. The van der Waals surface area contributed by atoms with Crippen LogP contribution in [0.2, 0.25) is 0 Å². The molecule has 0 radical (unpaired) electrons. The first-order valence-corrected chi connectivity index (χ1v) is 5.57. The van der Waals surface area contributed by atoms with E-state index >= 15 is 0 Å². The number of rotatable bonds is 5. The number of alkyl halides is 3. The summed E-state index contributed by atoms with van der Waals surface area (Å²) in [5.74, 6) is 0. The van der Waals surface area contributed by atoms with Crippen molar-refractivity contribution in [1.82, 2.24) is 0 Å². The molecule has 0 spiro atoms. The van der Waals surface area contributed by atoms with E-state index in [4.69, 9.17) is 5.73 Å². The highest BCUT2D eigenvalue weighted by molar-refractivity contribution is 5.48. The standard InChI is InChI=1S/C12H17F3N2/c1-2-6-17(9-12(13,14)15)11-5-3-4-10(7-11)8-16/h3-5,7H,2,6,8-9,16H2,1H3. The molecule has 0 heterocycles. The highest BCUT2D eigenvalue weighted by Gasteiger charge is 2.30. The van der Waals surface area contributed by atoms with Crippen LogP contribution >= 0.6 is 0 Å². The van der Waals surface area contributed by atoms with Gasteiger partial charge in [0.05, 0.1) is 0 Å². The first-order valence-electron chi connectivity index (χ1n) is 5.57. The Balaban J connectivity index is 2.88. The first kappa shape index (κ1) is 13.8. The summed E-state index contributed by atoms with van der Waals surface area (Å²) in [6.07, 6.45) is -3.52. The lowest BCUT2D eigenvalue weighted by atomic mass is 10.2. The Morgan fingerprint density at radius 3 is 2.53 bits per heavy atom. The largest absolute Gasteiger partial charge is 0.405 e. The maximum atomic E-state index is 12.4. The fraction of sp³-hybridized carbons (Fsp3) is 0.500. The van der Waals surface area contributed by atoms with Crippen LogP contribution in [-0.2, 0) is 6.54 Å². The van der Waals surface area contributed by atoms with Crippen LogP contribution < -0.4 is 10.6 Å². The van der Waals surface area contributed by atoms with Crippen molar-refractivity contribution >= 4 is 5.69 Å². The van der Waals surface area contributed by atoms with E-state index in [2.05, 4.69) is 0 Å². The molecule has 0 aromatic heterocycles. The van der Waals surface area contributed by atoms with Gasteiger partial charge in [0.1, 0.15) is 6.54 Å². The van der Waals surface area contributed by atoms with E-state index in [1.807, 2.05) is 6.92 Å². The highest BCUT2D eigenvalue weighted by atomic mass is 19.4. The third-order valence-electron chi connectivity index (χ3n) is 2.38. The van der Waals surface area contributed by atoms with Gasteiger partial charge in [0.2, 0.25) is 0 Å². The predicted molar refractivity (Wildman–Crippen MR) is 62.9 cm³/mol. The molecule has 0 aliphatic rings. The molecule has 17 heavy (non-hydrogen) atoms. The van der Waals surface area contributed by atoms with E-state index in [-0.39, 0.29) is 0 Å². The lowest BCUT2D eigenvalue weighted by Gasteiger charge is -2.25. The van der Waals surface area contributed by atoms with Gasteiger partial charge < -0.3 is 10.6 Å². The molecule has 1 aromatic carbocycles. The van der Waals surface area contributed by atoms with Gasteiger partial charge >= 0.3 is 6.18 Å². The monoisotopic (exact) mass is 246 g/mol. The predicted octanol–water partition coefficient (Wildman–Crippen LogP) is 2.92. The van der Waals surface area contributed by atoms with Crippen molar-refractivity contribution in [1.29, 1.82) is 0 Å². The van der Waals surface area contributed by atoms with Crippen LogP contribution in [0.3, 0.4) is 0 Å². The SMILES string of the molecule is CCCN(CC(F)(F)F)c1cccc(CN)c1. The number of nitrogens with two attached hydrogens (primary N) is 1. The van der Waals surface area contributed by atoms with E-state index < -0.39 is 12.7 Å². The number of halogens is 3. The molecule has 0 unspecified atom stereocenters. The molecule has 0 amide bonds. The van der Waals surface area contributed by atoms with Gasteiger partial charge in [0.15, 0.2) is 0 Å². The van der Waals surface area contributed by atoms with Crippen LogP contribution in [0.1, 0.15) is 18.9 Å². The summed E-state index contributed by atoms with van der Waals surface area (Å²) in [6.45, 7) is 1.65. The summed E-state index contributed by atoms with van der Waals surface area (Å²) < 4.78 is 37.3. The number of hydrogen-bond donors (Lipinski definition) is 1. The molecule has 0 saturated heterocycles. The zero-order chi connectivity index (χ0) is 12.9. The van der Waals surface area contributed by atoms with Crippen LogP contribution in [0.4, 0.5) is 18.9 Å². The van der Waals surface area contributed by atoms with Gasteiger partial charge in [0.25, 0.3) is 0 Å². The molecule has 2 N–H and O–H groups in total. The summed E-state index contributed by atoms with van der Waals surface area (Å²) in [6, 6.07) is 6.93. The van der Waals surface area contributed by atoms with Crippen molar-refractivity contribution in [2.24, 2.45) is 5.73 Å². The molecular weight excluding hydrogens is 229 g/mol. The molecule has 0 bridgehead atoms. The van der Waals surface area contributed by atoms with Gasteiger partial charge in [-0.3, -0.25) is 0 Å². The lowest BCUT2D eigenvalue weighted by molar-refractivity contribution is -0.119. The van der Waals surface area contributed by atoms with Gasteiger partial charge in [-0.2, -0.15) is 13.2 Å². The minimum Gasteiger partial charge on any atom is -0.363 e. The maximum absolute atomic E-state index is 12.4. The molecule has 0 saturated carbocycles. The smallest absolute Gasteiger partial charge is 0.363 e. The van der Waals surface area contributed by atoms with Gasteiger partial charge in [-0.15, -0.1) is 0 Å². The second-order valence-corrected chi connectivity index (χ2v) is 3.91. The van der Waals surface area contributed by atoms with Crippen molar-refractivity contribution < 1.29 is 13.2 Å². The average molecular weight is 246 g/mol. The molecule has 5 heteroatoms. The Labute approximate surface area is 99.2 Å². The second-order valence-electron chi connectivity index (χ2n) is 3.91. The second kappa shape index (κ2) is 5.91. The van der Waals surface area contributed by atoms with Crippen LogP contribution in [0, 0.1) is 0 Å². The Bertz CT molecular complexity index is 350. The number of anilines is 1. The molecule has 0 fully saturated rings. The van der Waals surface area contributed by atoms with Gasteiger partial charge in [0, 0.05) is 18.8 Å². The summed E-state index contributed by atoms with van der Waals surface area (Å²) in [5, 5.41) is 0. The molecule has 2 nitrogen and oxygen atoms in total. The topological polar surface area (TPSA) is 29.3 Å². The third-order valence-corrected chi connectivity index (χ3v) is 2.38. The molecule has 96 valence electrons. The number of nitrogens with zero attached hydrogens (tertiary/aromatic N) is 1. The Morgan fingerprint density at radius 2 is 2.00 bits per heavy atom. The minimum atomic E-state index is -4.19. The molecular formula is C12H17F3N2. The molecule has 0 aliphatic carbocycles. The van der Waals surface area contributed by atoms with E-state index in [0.717, 1.165) is 5.56 Å². The molecule has 1 aromatic rings. The van der Waals surface area contributed by atoms with E-state index in [9.17, 15) is 13.2 Å². The van der Waals surface area contributed by atoms with Crippen molar-refractivity contribution in [3.8, 4) is 0 Å². The Morgan fingerprint density at radius 1 is 1.29 bits per heavy atom. The zero-order valence-corrected chi connectivity index (χ0v) is 9.80. The van der Waals surface area contributed by atoms with Gasteiger partial charge in [-0.25, -0.2) is 0 Å². The fourth-order valence-electron chi connectivity index (χ4n) is 1.67. The van der Waals surface area contributed by atoms with Crippen molar-refractivity contribution in [2.75, 3.05) is 18.0 Å². The minimum absolute atomic E-state index is 0.333. The third kappa shape index (κ3) is 4.65. The molecule has 0 aliphatic heterocycles. The molecule has 1 rings (SSSR count). The van der Waals surface area contributed by atoms with Gasteiger partial charge in [-0.1, -0.05) is 19.1 Å². The summed E-state index contributed by atoms with van der Waals surface area (Å²) in [5.41, 5.74) is 6.89. The van der Waals surface area contributed by atoms with E-state index in [1.165, 1.54) is 4.90 Å². The van der Waals surface area contributed by atoms with Crippen LogP contribution in [0.15, 0.2) is 24.3 Å². The van der Waals surface area contributed by atoms with Crippen molar-refractivity contribution in [3.63, 3.8) is 0 Å². The highest BCUT2D eigenvalue weighted by Crippen LogP contribution is 2.23. The van der Waals surface area contributed by atoms with Crippen LogP contribution in [0.5, 0.6) is 0 Å². The van der Waals surface area contributed by atoms with Crippen molar-refractivity contribution in [2.45, 2.75) is 26.1 Å². The van der Waals surface area contributed by atoms with Crippen LogP contribution in [-0.4, -0.2) is 19.3 Å². The zero-order valence-electron chi connectivity index (χ0n) is 9.80. The summed E-state index contributed by atoms with van der Waals surface area (Å²) in [4.78, 5) is 1.33. The van der Waals surface area contributed by atoms with E-state index in [1.54, 1.807) is 24.3 Å². The summed E-state index contributed by atoms with van der Waals surface area (Å²) in [7, 11) is 0. The maximum Gasteiger partial charge on any atom is 0.405 e. The summed E-state index contributed by atoms with van der Waals surface area (Å²) >= 11 is 0.